The number of amides is 1. The summed E-state index contributed by atoms with van der Waals surface area (Å²) in [6.45, 7) is 5.74. The minimum absolute atomic E-state index is 0.175. The molecule has 2 aromatic heterocycles. The number of carbonyl (C=O) groups is 1. The van der Waals surface area contributed by atoms with Gasteiger partial charge >= 0.3 is 5.69 Å². The molecule has 152 valence electrons. The fourth-order valence-electron chi connectivity index (χ4n) is 3.13. The van der Waals surface area contributed by atoms with Gasteiger partial charge in [-0.25, -0.2) is 4.39 Å². The first-order valence-electron chi connectivity index (χ1n) is 9.08. The highest BCUT2D eigenvalue weighted by Crippen LogP contribution is 2.23. The van der Waals surface area contributed by atoms with Gasteiger partial charge < -0.3 is 5.32 Å². The van der Waals surface area contributed by atoms with Gasteiger partial charge in [-0.3, -0.25) is 24.3 Å². The van der Waals surface area contributed by atoms with Crippen molar-refractivity contribution in [3.05, 3.63) is 69.5 Å². The lowest BCUT2D eigenvalue weighted by atomic mass is 10.2. The monoisotopic (exact) mass is 400 g/mol. The summed E-state index contributed by atoms with van der Waals surface area (Å²) in [5.74, 6) is -0.668. The Morgan fingerprint density at radius 3 is 2.76 bits per heavy atom. The summed E-state index contributed by atoms with van der Waals surface area (Å²) in [7, 11) is 0. The molecule has 3 rings (SSSR count). The number of hydrogen-bond acceptors (Lipinski definition) is 5. The van der Waals surface area contributed by atoms with E-state index in [9.17, 15) is 19.3 Å². The maximum absolute atomic E-state index is 13.4. The first-order chi connectivity index (χ1) is 13.8. The van der Waals surface area contributed by atoms with Gasteiger partial charge in [0.1, 0.15) is 24.3 Å². The maximum Gasteiger partial charge on any atom is 0.307 e. The van der Waals surface area contributed by atoms with E-state index in [2.05, 4.69) is 15.5 Å². The van der Waals surface area contributed by atoms with Crippen LogP contribution in [0.1, 0.15) is 36.3 Å². The highest BCUT2D eigenvalue weighted by Gasteiger charge is 2.24. The van der Waals surface area contributed by atoms with Gasteiger partial charge in [-0.15, -0.1) is 0 Å². The molecule has 0 bridgehead atoms. The third-order valence-corrected chi connectivity index (χ3v) is 4.66. The second kappa shape index (κ2) is 8.21. The topological polar surface area (TPSA) is 108 Å². The first-order valence-corrected chi connectivity index (χ1v) is 9.08. The highest BCUT2D eigenvalue weighted by atomic mass is 19.1. The number of halogens is 1. The second-order valence-electron chi connectivity index (χ2n) is 6.68. The molecular formula is C19H21FN6O3. The molecule has 10 heteroatoms. The van der Waals surface area contributed by atoms with Crippen molar-refractivity contribution < 1.29 is 14.1 Å². The maximum atomic E-state index is 13.4. The van der Waals surface area contributed by atoms with Crippen LogP contribution in [0.2, 0.25) is 0 Å². The van der Waals surface area contributed by atoms with E-state index in [1.165, 1.54) is 23.0 Å². The van der Waals surface area contributed by atoms with Crippen molar-refractivity contribution in [3.8, 4) is 0 Å². The van der Waals surface area contributed by atoms with Crippen LogP contribution in [0.3, 0.4) is 0 Å². The molecule has 0 radical (unpaired) electrons. The number of carbonyl (C=O) groups excluding carboxylic acids is 1. The zero-order valence-corrected chi connectivity index (χ0v) is 16.3. The van der Waals surface area contributed by atoms with E-state index >= 15 is 0 Å². The predicted molar refractivity (Wildman–Crippen MR) is 104 cm³/mol. The van der Waals surface area contributed by atoms with E-state index in [1.807, 2.05) is 6.92 Å². The molecule has 29 heavy (non-hydrogen) atoms. The lowest BCUT2D eigenvalue weighted by molar-refractivity contribution is -0.385. The molecular weight excluding hydrogens is 379 g/mol. The number of hydrogen-bond donors (Lipinski definition) is 1. The summed E-state index contributed by atoms with van der Waals surface area (Å²) in [5.41, 5.74) is 2.48. The molecule has 1 aromatic carbocycles. The molecule has 0 saturated carbocycles. The lowest BCUT2D eigenvalue weighted by Crippen LogP contribution is -2.26. The van der Waals surface area contributed by atoms with Crippen molar-refractivity contribution in [1.82, 2.24) is 19.6 Å². The molecule has 9 nitrogen and oxygen atoms in total. The van der Waals surface area contributed by atoms with Crippen LogP contribution in [0.4, 0.5) is 15.8 Å². The number of rotatable bonds is 7. The minimum atomic E-state index is -0.700. The molecule has 0 fully saturated rings. The van der Waals surface area contributed by atoms with Crippen molar-refractivity contribution in [2.24, 2.45) is 0 Å². The highest BCUT2D eigenvalue weighted by molar-refractivity contribution is 5.94. The molecule has 0 aliphatic carbocycles. The third kappa shape index (κ3) is 4.31. The molecule has 1 atom stereocenters. The van der Waals surface area contributed by atoms with E-state index in [-0.39, 0.29) is 17.4 Å². The molecule has 3 aromatic rings. The Hall–Kier alpha value is -3.56. The largest absolute Gasteiger partial charge is 0.321 e. The van der Waals surface area contributed by atoms with Gasteiger partial charge in [0, 0.05) is 0 Å². The fourth-order valence-corrected chi connectivity index (χ4v) is 3.13. The van der Waals surface area contributed by atoms with Crippen LogP contribution in [-0.2, 0) is 11.3 Å². The Balaban J connectivity index is 1.80. The van der Waals surface area contributed by atoms with Crippen LogP contribution in [0.5, 0.6) is 0 Å². The summed E-state index contributed by atoms with van der Waals surface area (Å²) < 4.78 is 16.4. The van der Waals surface area contributed by atoms with Crippen molar-refractivity contribution >= 4 is 17.3 Å². The number of anilines is 1. The van der Waals surface area contributed by atoms with Gasteiger partial charge in [-0.2, -0.15) is 10.2 Å². The number of nitro groups is 1. The first kappa shape index (κ1) is 20.2. The van der Waals surface area contributed by atoms with E-state index in [0.717, 1.165) is 17.5 Å². The van der Waals surface area contributed by atoms with Crippen LogP contribution >= 0.6 is 0 Å². The van der Waals surface area contributed by atoms with E-state index in [1.54, 1.807) is 30.7 Å². The van der Waals surface area contributed by atoms with Crippen molar-refractivity contribution in [2.75, 3.05) is 5.32 Å². The van der Waals surface area contributed by atoms with Gasteiger partial charge in [0.15, 0.2) is 0 Å². The Bertz CT molecular complexity index is 1060. The van der Waals surface area contributed by atoms with Crippen LogP contribution in [0, 0.1) is 29.8 Å². The molecule has 1 N–H and O–H groups in total. The van der Waals surface area contributed by atoms with Crippen LogP contribution < -0.4 is 5.32 Å². The second-order valence-corrected chi connectivity index (χ2v) is 6.68. The molecule has 0 spiro atoms. The smallest absolute Gasteiger partial charge is 0.307 e. The normalized spacial score (nSPS) is 12.0. The lowest BCUT2D eigenvalue weighted by Gasteiger charge is -2.15. The van der Waals surface area contributed by atoms with E-state index < -0.39 is 11.0 Å². The molecule has 0 saturated heterocycles. The molecule has 1 unspecified atom stereocenters. The van der Waals surface area contributed by atoms with Crippen LogP contribution in [0.15, 0.2) is 36.7 Å². The van der Waals surface area contributed by atoms with E-state index in [0.29, 0.717) is 24.3 Å². The van der Waals surface area contributed by atoms with Gasteiger partial charge in [-0.05, 0) is 38.0 Å². The minimum Gasteiger partial charge on any atom is -0.321 e. The Labute approximate surface area is 166 Å². The third-order valence-electron chi connectivity index (χ3n) is 4.66. The summed E-state index contributed by atoms with van der Waals surface area (Å²) >= 11 is 0. The molecule has 0 aliphatic heterocycles. The summed E-state index contributed by atoms with van der Waals surface area (Å²) in [6, 6.07) is 5.55. The Morgan fingerprint density at radius 1 is 1.38 bits per heavy atom. The SMILES string of the molecule is CCC(C(=O)Nc1c(C)nn(Cc2cccc(F)c2)c1C)n1cc([N+](=O)[O-])cn1. The number of aryl methyl sites for hydroxylation is 1. The molecule has 2 heterocycles. The zero-order chi connectivity index (χ0) is 21.1. The van der Waals surface area contributed by atoms with Crippen molar-refractivity contribution in [2.45, 2.75) is 39.8 Å². The number of benzene rings is 1. The van der Waals surface area contributed by atoms with Crippen molar-refractivity contribution in [1.29, 1.82) is 0 Å². The van der Waals surface area contributed by atoms with Gasteiger partial charge in [0.25, 0.3) is 0 Å². The zero-order valence-electron chi connectivity index (χ0n) is 16.3. The Kier molecular flexibility index (Phi) is 5.71. The van der Waals surface area contributed by atoms with Crippen molar-refractivity contribution in [3.63, 3.8) is 0 Å². The predicted octanol–water partition coefficient (Wildman–Crippen LogP) is 3.38. The quantitative estimate of drug-likeness (QED) is 0.483. The van der Waals surface area contributed by atoms with Gasteiger partial charge in [0.2, 0.25) is 5.91 Å². The number of nitrogens with zero attached hydrogens (tertiary/aromatic N) is 5. The van der Waals surface area contributed by atoms with E-state index in [4.69, 9.17) is 0 Å². The average Bonchev–Trinajstić information content (AvgIpc) is 3.24. The Morgan fingerprint density at radius 2 is 2.14 bits per heavy atom. The summed E-state index contributed by atoms with van der Waals surface area (Å²) in [5, 5.41) is 22.1. The standard InChI is InChI=1S/C19H21FN6O3/c1-4-17(25-11-16(9-21-25)26(28)29)19(27)22-18-12(2)23-24(13(18)3)10-14-6-5-7-15(20)8-14/h5-9,11,17H,4,10H2,1-3H3,(H,22,27). The summed E-state index contributed by atoms with van der Waals surface area (Å²) in [6.07, 6.45) is 2.75. The van der Waals surface area contributed by atoms with Crippen LogP contribution in [-0.4, -0.2) is 30.4 Å². The average molecular weight is 400 g/mol. The number of aromatic nitrogens is 4. The van der Waals surface area contributed by atoms with Gasteiger partial charge in [-0.1, -0.05) is 19.1 Å². The molecule has 0 aliphatic rings. The molecule has 1 amide bonds. The fraction of sp³-hybridized carbons (Fsp3) is 0.316. The number of nitrogens with one attached hydrogen (secondary N) is 1. The summed E-state index contributed by atoms with van der Waals surface area (Å²) in [4.78, 5) is 23.1. The van der Waals surface area contributed by atoms with Crippen LogP contribution in [0.25, 0.3) is 0 Å². The van der Waals surface area contributed by atoms with Gasteiger partial charge in [0.05, 0.1) is 28.5 Å².